The van der Waals surface area contributed by atoms with E-state index >= 15 is 0 Å². The Kier molecular flexibility index (Phi) is 13.1. The molecule has 0 unspecified atom stereocenters. The SMILES string of the molecule is COc1cc(OC)nc(NC(=O)NS(=O)(=O)c2ncccc2C(=O)N(C)C)n1.COc1ccccc1C(=O)NS(=O)(=O)c1ccc(C(=O)NC2CC2)cc1. The largest absolute Gasteiger partial charge is 0.496 e. The summed E-state index contributed by atoms with van der Waals surface area (Å²) in [4.78, 5) is 61.0. The van der Waals surface area contributed by atoms with Gasteiger partial charge < -0.3 is 24.4 Å². The molecule has 21 heteroatoms. The molecule has 4 N–H and O–H groups in total. The summed E-state index contributed by atoms with van der Waals surface area (Å²) < 4.78 is 68.6. The maximum atomic E-state index is 12.5. The van der Waals surface area contributed by atoms with Crippen LogP contribution in [0.25, 0.3) is 0 Å². The third-order valence-corrected chi connectivity index (χ3v) is 9.77. The number of hydrogen-bond acceptors (Lipinski definition) is 14. The lowest BCUT2D eigenvalue weighted by molar-refractivity contribution is 0.0822. The quantitative estimate of drug-likeness (QED) is 0.160. The van der Waals surface area contributed by atoms with Crippen molar-refractivity contribution in [3.05, 3.63) is 89.6 Å². The van der Waals surface area contributed by atoms with E-state index in [4.69, 9.17) is 14.2 Å². The molecule has 0 spiro atoms. The number of hydrogen-bond donors (Lipinski definition) is 4. The Labute approximate surface area is 310 Å². The maximum absolute atomic E-state index is 12.5. The molecular weight excluding hydrogens is 749 g/mol. The van der Waals surface area contributed by atoms with Crippen LogP contribution < -0.4 is 34.3 Å². The second kappa shape index (κ2) is 17.4. The van der Waals surface area contributed by atoms with Gasteiger partial charge in [-0.15, -0.1) is 0 Å². The molecule has 1 aliphatic carbocycles. The first-order valence-corrected chi connectivity index (χ1v) is 18.6. The molecule has 0 aliphatic heterocycles. The zero-order chi connectivity index (χ0) is 39.6. The number of ether oxygens (including phenoxy) is 3. The lowest BCUT2D eigenvalue weighted by Gasteiger charge is -2.14. The molecule has 54 heavy (non-hydrogen) atoms. The van der Waals surface area contributed by atoms with Gasteiger partial charge in [0, 0.05) is 31.9 Å². The van der Waals surface area contributed by atoms with E-state index in [1.807, 2.05) is 4.72 Å². The molecule has 5 rings (SSSR count). The molecule has 0 atom stereocenters. The normalized spacial score (nSPS) is 12.2. The number of methoxy groups -OCH3 is 3. The number of anilines is 1. The summed E-state index contributed by atoms with van der Waals surface area (Å²) in [6.07, 6.45) is 3.12. The van der Waals surface area contributed by atoms with Crippen LogP contribution in [-0.2, 0) is 20.0 Å². The van der Waals surface area contributed by atoms with Crippen molar-refractivity contribution in [3.8, 4) is 17.5 Å². The van der Waals surface area contributed by atoms with Crippen molar-refractivity contribution in [2.45, 2.75) is 28.8 Å². The fraction of sp³-hybridized carbons (Fsp3) is 0.242. The van der Waals surface area contributed by atoms with Gasteiger partial charge in [0.2, 0.25) is 17.7 Å². The Balaban J connectivity index is 0.000000241. The fourth-order valence-electron chi connectivity index (χ4n) is 4.33. The van der Waals surface area contributed by atoms with E-state index in [-0.39, 0.29) is 51.4 Å². The molecule has 2 aromatic carbocycles. The van der Waals surface area contributed by atoms with Crippen LogP contribution in [0.15, 0.2) is 82.8 Å². The summed E-state index contributed by atoms with van der Waals surface area (Å²) in [5.74, 6) is -1.42. The van der Waals surface area contributed by atoms with Gasteiger partial charge >= 0.3 is 6.03 Å². The van der Waals surface area contributed by atoms with Crippen LogP contribution in [-0.4, -0.2) is 102 Å². The zero-order valence-corrected chi connectivity index (χ0v) is 31.1. The average molecular weight is 785 g/mol. The molecule has 1 fully saturated rings. The minimum atomic E-state index is -4.46. The van der Waals surface area contributed by atoms with E-state index in [0.29, 0.717) is 5.56 Å². The van der Waals surface area contributed by atoms with Crippen LogP contribution >= 0.6 is 0 Å². The van der Waals surface area contributed by atoms with E-state index in [0.717, 1.165) is 12.8 Å². The molecule has 0 radical (unpaired) electrons. The van der Waals surface area contributed by atoms with Crippen molar-refractivity contribution in [2.75, 3.05) is 40.7 Å². The molecule has 2 aromatic heterocycles. The van der Waals surface area contributed by atoms with Gasteiger partial charge in [-0.2, -0.15) is 18.4 Å². The number of carbonyl (C=O) groups excluding carboxylic acids is 4. The molecule has 5 amide bonds. The van der Waals surface area contributed by atoms with Gasteiger partial charge in [0.1, 0.15) is 5.75 Å². The number of amides is 5. The smallest absolute Gasteiger partial charge is 0.335 e. The van der Waals surface area contributed by atoms with Crippen LogP contribution in [0.2, 0.25) is 0 Å². The molecule has 0 saturated heterocycles. The van der Waals surface area contributed by atoms with Gasteiger partial charge in [-0.25, -0.2) is 27.6 Å². The summed E-state index contributed by atoms with van der Waals surface area (Å²) in [7, 11) is -1.53. The first kappa shape index (κ1) is 40.4. The lowest BCUT2D eigenvalue weighted by atomic mass is 10.2. The number of para-hydroxylation sites is 1. The van der Waals surface area contributed by atoms with Crippen molar-refractivity contribution < 1.29 is 50.2 Å². The number of urea groups is 1. The number of carbonyl (C=O) groups is 4. The highest BCUT2D eigenvalue weighted by Gasteiger charge is 2.28. The number of nitrogens with one attached hydrogen (secondary N) is 4. The second-order valence-corrected chi connectivity index (χ2v) is 14.6. The maximum Gasteiger partial charge on any atom is 0.335 e. The van der Waals surface area contributed by atoms with E-state index in [9.17, 15) is 36.0 Å². The highest BCUT2D eigenvalue weighted by Crippen LogP contribution is 2.21. The molecular formula is C33H36N8O11S2. The van der Waals surface area contributed by atoms with Crippen LogP contribution in [0, 0.1) is 0 Å². The number of pyridine rings is 1. The van der Waals surface area contributed by atoms with Crippen molar-refractivity contribution >= 4 is 49.7 Å². The van der Waals surface area contributed by atoms with Crippen molar-refractivity contribution in [1.29, 1.82) is 0 Å². The van der Waals surface area contributed by atoms with Crippen molar-refractivity contribution in [3.63, 3.8) is 0 Å². The van der Waals surface area contributed by atoms with E-state index in [1.54, 1.807) is 22.9 Å². The summed E-state index contributed by atoms with van der Waals surface area (Å²) >= 11 is 0. The molecule has 2 heterocycles. The summed E-state index contributed by atoms with van der Waals surface area (Å²) in [6, 6.07) is 14.8. The van der Waals surface area contributed by atoms with Crippen molar-refractivity contribution in [2.24, 2.45) is 0 Å². The van der Waals surface area contributed by atoms with Crippen LogP contribution in [0.5, 0.6) is 17.5 Å². The Morgan fingerprint density at radius 2 is 1.35 bits per heavy atom. The standard InChI is InChI=1S/C18H18N2O5S.C15H18N6O6S/c1-25-16-5-3-2-4-15(16)18(22)20-26(23,24)14-10-6-12(7-11-14)17(21)19-13-8-9-13;1-21(2)13(22)9-6-5-7-16-12(9)28(24,25)20-15(23)19-14-17-10(26-3)8-11(18-14)27-4/h2-7,10-11,13H,8-9H2,1H3,(H,19,21)(H,20,22);5-8H,1-4H3,(H2,17,18,19,20,23). The molecule has 1 aliphatic rings. The number of benzene rings is 2. The number of sulfonamides is 2. The third kappa shape index (κ3) is 10.6. The van der Waals surface area contributed by atoms with Gasteiger partial charge in [0.15, 0.2) is 5.03 Å². The van der Waals surface area contributed by atoms with Crippen LogP contribution in [0.1, 0.15) is 43.9 Å². The van der Waals surface area contributed by atoms with Gasteiger partial charge in [-0.3, -0.25) is 19.7 Å². The minimum Gasteiger partial charge on any atom is -0.496 e. The van der Waals surface area contributed by atoms with Crippen LogP contribution in [0.4, 0.5) is 10.7 Å². The van der Waals surface area contributed by atoms with Gasteiger partial charge in [0.25, 0.3) is 37.8 Å². The summed E-state index contributed by atoms with van der Waals surface area (Å²) in [6.45, 7) is 0. The average Bonchev–Trinajstić information content (AvgIpc) is 3.98. The third-order valence-electron chi connectivity index (χ3n) is 7.13. The molecule has 286 valence electrons. The highest BCUT2D eigenvalue weighted by atomic mass is 32.2. The predicted molar refractivity (Wildman–Crippen MR) is 191 cm³/mol. The van der Waals surface area contributed by atoms with Gasteiger partial charge in [-0.05, 0) is 61.4 Å². The molecule has 1 saturated carbocycles. The van der Waals surface area contributed by atoms with Gasteiger partial charge in [0.05, 0.1) is 43.4 Å². The predicted octanol–water partition coefficient (Wildman–Crippen LogP) is 1.81. The number of aromatic nitrogens is 3. The van der Waals surface area contributed by atoms with Gasteiger partial charge in [-0.1, -0.05) is 12.1 Å². The second-order valence-electron chi connectivity index (χ2n) is 11.3. The lowest BCUT2D eigenvalue weighted by Crippen LogP contribution is -2.36. The van der Waals surface area contributed by atoms with E-state index < -0.39 is 42.9 Å². The minimum absolute atomic E-state index is 0.0913. The Bertz CT molecular complexity index is 2230. The topological polar surface area (TPSA) is 254 Å². The molecule has 0 bridgehead atoms. The Morgan fingerprint density at radius 1 is 0.741 bits per heavy atom. The highest BCUT2D eigenvalue weighted by molar-refractivity contribution is 7.90. The number of rotatable bonds is 12. The number of nitrogens with zero attached hydrogens (tertiary/aromatic N) is 4. The van der Waals surface area contributed by atoms with Crippen LogP contribution in [0.3, 0.4) is 0 Å². The molecule has 19 nitrogen and oxygen atoms in total. The van der Waals surface area contributed by atoms with Crippen molar-refractivity contribution in [1.82, 2.24) is 34.6 Å². The first-order chi connectivity index (χ1) is 25.6. The summed E-state index contributed by atoms with van der Waals surface area (Å²) in [5.41, 5.74) is 0.290. The first-order valence-electron chi connectivity index (χ1n) is 15.7. The van der Waals surface area contributed by atoms with E-state index in [1.165, 1.54) is 95.1 Å². The zero-order valence-electron chi connectivity index (χ0n) is 29.5. The van der Waals surface area contributed by atoms with E-state index in [2.05, 4.69) is 25.6 Å². The monoisotopic (exact) mass is 784 g/mol. The Hall–Kier alpha value is -6.35. The Morgan fingerprint density at radius 3 is 1.93 bits per heavy atom. The fourth-order valence-corrected chi connectivity index (χ4v) is 6.33. The summed E-state index contributed by atoms with van der Waals surface area (Å²) in [5, 5.41) is 4.39. The molecule has 4 aromatic rings.